The quantitative estimate of drug-likeness (QED) is 0.720. The maximum Gasteiger partial charge on any atom is 0.154 e. The Balaban J connectivity index is 0.000000146. The van der Waals surface area contributed by atoms with Gasteiger partial charge in [-0.05, 0) is 0 Å². The molecule has 2 aromatic heterocycles. The highest BCUT2D eigenvalue weighted by atomic mass is 32.2. The minimum absolute atomic E-state index is 0.279. The molecule has 0 bridgehead atoms. The van der Waals surface area contributed by atoms with Crippen molar-refractivity contribution in [3.63, 3.8) is 0 Å². The number of hydrogen-bond acceptors (Lipinski definition) is 9. The summed E-state index contributed by atoms with van der Waals surface area (Å²) in [5.74, 6) is 2.92. The van der Waals surface area contributed by atoms with Crippen molar-refractivity contribution in [1.82, 2.24) is 19.9 Å². The zero-order valence-electron chi connectivity index (χ0n) is 13.6. The van der Waals surface area contributed by atoms with Crippen LogP contribution in [0.2, 0.25) is 0 Å². The van der Waals surface area contributed by atoms with Gasteiger partial charge in [-0.2, -0.15) is 0 Å². The lowest BCUT2D eigenvalue weighted by molar-refractivity contribution is 0.730. The summed E-state index contributed by atoms with van der Waals surface area (Å²) in [7, 11) is 0. The molecule has 132 valence electrons. The number of nitrogens with zero attached hydrogens (tertiary/aromatic N) is 5. The lowest BCUT2D eigenvalue weighted by atomic mass is 10.2. The number of aromatic amines is 1. The maximum atomic E-state index is 5.56. The molecule has 0 aliphatic carbocycles. The lowest BCUT2D eigenvalue weighted by Crippen LogP contribution is -2.09. The van der Waals surface area contributed by atoms with Crippen LogP contribution in [0.5, 0.6) is 0 Å². The zero-order chi connectivity index (χ0) is 17.5. The molecule has 5 N–H and O–H groups in total. The van der Waals surface area contributed by atoms with Gasteiger partial charge >= 0.3 is 0 Å². The molecule has 0 fully saturated rings. The van der Waals surface area contributed by atoms with Gasteiger partial charge in [0.15, 0.2) is 10.3 Å². The van der Waals surface area contributed by atoms with E-state index in [4.69, 9.17) is 11.5 Å². The highest BCUT2D eigenvalue weighted by Crippen LogP contribution is 2.18. The summed E-state index contributed by atoms with van der Waals surface area (Å²) in [6.07, 6.45) is 10.4. The van der Waals surface area contributed by atoms with Crippen molar-refractivity contribution in [2.45, 2.75) is 24.9 Å². The van der Waals surface area contributed by atoms with Gasteiger partial charge in [0, 0.05) is 55.3 Å². The zero-order valence-corrected chi connectivity index (χ0v) is 15.2. The van der Waals surface area contributed by atoms with Crippen LogP contribution in [0, 0.1) is 0 Å². The number of H-pyrrole nitrogens is 1. The summed E-state index contributed by atoms with van der Waals surface area (Å²) in [6, 6.07) is 0.586. The highest BCUT2D eigenvalue weighted by Gasteiger charge is 2.17. The molecule has 0 spiro atoms. The molecule has 2 atom stereocenters. The van der Waals surface area contributed by atoms with Crippen molar-refractivity contribution >= 4 is 33.9 Å². The number of rotatable bonds is 4. The summed E-state index contributed by atoms with van der Waals surface area (Å²) in [4.78, 5) is 23.9. The van der Waals surface area contributed by atoms with Gasteiger partial charge in [0.25, 0.3) is 0 Å². The van der Waals surface area contributed by atoms with Gasteiger partial charge < -0.3 is 16.5 Å². The number of thioether (sulfide) groups is 2. The monoisotopic (exact) mass is 376 g/mol. The topological polar surface area (TPSA) is 131 Å². The summed E-state index contributed by atoms with van der Waals surface area (Å²) >= 11 is 3.22. The first-order valence-electron chi connectivity index (χ1n) is 7.84. The van der Waals surface area contributed by atoms with Gasteiger partial charge in [-0.15, -0.1) is 0 Å². The molecular formula is C15H20N8S2. The van der Waals surface area contributed by atoms with Gasteiger partial charge in [-0.1, -0.05) is 23.5 Å². The van der Waals surface area contributed by atoms with Gasteiger partial charge in [-0.3, -0.25) is 20.0 Å². The second-order valence-electron chi connectivity index (χ2n) is 5.51. The van der Waals surface area contributed by atoms with E-state index in [-0.39, 0.29) is 6.04 Å². The van der Waals surface area contributed by atoms with Crippen LogP contribution in [-0.4, -0.2) is 53.9 Å². The van der Waals surface area contributed by atoms with E-state index in [1.165, 1.54) is 0 Å². The van der Waals surface area contributed by atoms with Crippen LogP contribution in [0.25, 0.3) is 0 Å². The summed E-state index contributed by atoms with van der Waals surface area (Å²) in [5.41, 5.74) is 12.1. The van der Waals surface area contributed by atoms with Gasteiger partial charge in [-0.25, -0.2) is 4.98 Å². The number of nitrogens with one attached hydrogen (secondary N) is 1. The molecular weight excluding hydrogens is 356 g/mol. The Kier molecular flexibility index (Phi) is 6.29. The SMILES string of the molecule is NC1=NC(Cc2cnccn2)CS1.NC1=NC(Cc2ncc[nH]2)CS1. The lowest BCUT2D eigenvalue weighted by Gasteiger charge is -2.02. The highest BCUT2D eigenvalue weighted by molar-refractivity contribution is 8.14. The molecule has 4 heterocycles. The molecule has 0 saturated heterocycles. The van der Waals surface area contributed by atoms with E-state index in [9.17, 15) is 0 Å². The first-order chi connectivity index (χ1) is 12.2. The summed E-state index contributed by atoms with van der Waals surface area (Å²) in [6.45, 7) is 0. The van der Waals surface area contributed by atoms with E-state index >= 15 is 0 Å². The van der Waals surface area contributed by atoms with Crippen molar-refractivity contribution in [3.8, 4) is 0 Å². The molecule has 0 aromatic carbocycles. The predicted molar refractivity (Wildman–Crippen MR) is 104 cm³/mol. The molecule has 2 aromatic rings. The third kappa shape index (κ3) is 5.75. The minimum Gasteiger partial charge on any atom is -0.379 e. The predicted octanol–water partition coefficient (Wildman–Crippen LogP) is 0.832. The van der Waals surface area contributed by atoms with Crippen molar-refractivity contribution < 1.29 is 0 Å². The number of imidazole rings is 1. The Hall–Kier alpha value is -2.07. The van der Waals surface area contributed by atoms with E-state index in [0.29, 0.717) is 16.4 Å². The Bertz CT molecular complexity index is 716. The smallest absolute Gasteiger partial charge is 0.154 e. The van der Waals surface area contributed by atoms with Crippen LogP contribution in [0.3, 0.4) is 0 Å². The van der Waals surface area contributed by atoms with Crippen molar-refractivity contribution in [2.24, 2.45) is 21.5 Å². The Morgan fingerprint density at radius 1 is 0.960 bits per heavy atom. The molecule has 25 heavy (non-hydrogen) atoms. The average Bonchev–Trinajstić information content (AvgIpc) is 3.34. The van der Waals surface area contributed by atoms with Crippen LogP contribution in [0.1, 0.15) is 11.5 Å². The molecule has 0 amide bonds. The molecule has 2 aliphatic rings. The second kappa shape index (κ2) is 8.86. The number of hydrogen-bond donors (Lipinski definition) is 3. The van der Waals surface area contributed by atoms with E-state index in [1.54, 1.807) is 48.3 Å². The molecule has 0 radical (unpaired) electrons. The van der Waals surface area contributed by atoms with Gasteiger partial charge in [0.05, 0.1) is 17.8 Å². The third-order valence-electron chi connectivity index (χ3n) is 3.51. The Morgan fingerprint density at radius 2 is 1.68 bits per heavy atom. The van der Waals surface area contributed by atoms with Crippen LogP contribution in [0.4, 0.5) is 0 Å². The standard InChI is InChI=1S/C8H10N4S.C7H10N4S/c9-8-12-7(5-13-8)3-6-4-10-1-2-11-6;8-7-11-5(4-12-7)3-6-9-1-2-10-6/h1-2,4,7H,3,5H2,(H2,9,12);1-2,5H,3-4H2,(H2,8,11)(H,9,10). The average molecular weight is 377 g/mol. The minimum atomic E-state index is 0.279. The second-order valence-corrected chi connectivity index (χ2v) is 7.59. The van der Waals surface area contributed by atoms with E-state index in [1.807, 2.05) is 6.20 Å². The fourth-order valence-electron chi connectivity index (χ4n) is 2.39. The van der Waals surface area contributed by atoms with Crippen molar-refractivity contribution in [3.05, 3.63) is 42.5 Å². The molecule has 8 nitrogen and oxygen atoms in total. The van der Waals surface area contributed by atoms with Gasteiger partial charge in [0.1, 0.15) is 5.82 Å². The number of aromatic nitrogens is 4. The van der Waals surface area contributed by atoms with Gasteiger partial charge in [0.2, 0.25) is 0 Å². The number of aliphatic imine (C=N–C) groups is 2. The van der Waals surface area contributed by atoms with Crippen LogP contribution < -0.4 is 11.5 Å². The van der Waals surface area contributed by atoms with Crippen LogP contribution >= 0.6 is 23.5 Å². The third-order valence-corrected chi connectivity index (χ3v) is 5.42. The molecule has 2 unspecified atom stereocenters. The normalized spacial score (nSPS) is 22.1. The van der Waals surface area contributed by atoms with Crippen molar-refractivity contribution in [1.29, 1.82) is 0 Å². The number of amidine groups is 2. The molecule has 0 saturated carbocycles. The Labute approximate surface area is 154 Å². The summed E-state index contributed by atoms with van der Waals surface area (Å²) < 4.78 is 0. The molecule has 4 rings (SSSR count). The summed E-state index contributed by atoms with van der Waals surface area (Å²) in [5, 5.41) is 1.39. The fourth-order valence-corrected chi connectivity index (χ4v) is 3.95. The Morgan fingerprint density at radius 3 is 2.20 bits per heavy atom. The van der Waals surface area contributed by atoms with Crippen molar-refractivity contribution in [2.75, 3.05) is 11.5 Å². The van der Waals surface area contributed by atoms with Crippen LogP contribution in [-0.2, 0) is 12.8 Å². The number of nitrogens with two attached hydrogens (primary N) is 2. The largest absolute Gasteiger partial charge is 0.379 e. The maximum absolute atomic E-state index is 5.56. The van der Waals surface area contributed by atoms with E-state index < -0.39 is 0 Å². The molecule has 2 aliphatic heterocycles. The van der Waals surface area contributed by atoms with E-state index in [2.05, 4.69) is 29.9 Å². The fraction of sp³-hybridized carbons (Fsp3) is 0.400. The first-order valence-corrected chi connectivity index (χ1v) is 9.81. The van der Waals surface area contributed by atoms with Crippen LogP contribution in [0.15, 0.2) is 41.0 Å². The van der Waals surface area contributed by atoms with E-state index in [0.717, 1.165) is 35.9 Å². The first kappa shape index (κ1) is 17.7. The molecule has 10 heteroatoms.